The summed E-state index contributed by atoms with van der Waals surface area (Å²) in [5.74, 6) is 0.799. The average molecular weight is 231 g/mol. The number of anilines is 2. The zero-order valence-electron chi connectivity index (χ0n) is 10.1. The molecule has 0 fully saturated rings. The van der Waals surface area contributed by atoms with E-state index in [0.717, 1.165) is 23.6 Å². The van der Waals surface area contributed by atoms with Gasteiger partial charge in [-0.15, -0.1) is 0 Å². The number of hydrogen-bond acceptors (Lipinski definition) is 4. The molecule has 2 aromatic heterocycles. The van der Waals surface area contributed by atoms with E-state index in [2.05, 4.69) is 22.3 Å². The van der Waals surface area contributed by atoms with Gasteiger partial charge >= 0.3 is 0 Å². The standard InChI is InChI=1S/C12H17N5/c1-9-7-14-12(6-11(9)13)16-10(2)8-17-5-3-4-15-17/h3-7,10H,8H2,1-2H3,(H3,13,14,16). The third kappa shape index (κ3) is 2.96. The number of nitrogen functional groups attached to an aromatic ring is 1. The van der Waals surface area contributed by atoms with E-state index in [-0.39, 0.29) is 6.04 Å². The van der Waals surface area contributed by atoms with Crippen molar-refractivity contribution >= 4 is 11.5 Å². The van der Waals surface area contributed by atoms with Crippen LogP contribution in [0.2, 0.25) is 0 Å². The molecule has 5 nitrogen and oxygen atoms in total. The summed E-state index contributed by atoms with van der Waals surface area (Å²) in [4.78, 5) is 4.29. The monoisotopic (exact) mass is 231 g/mol. The van der Waals surface area contributed by atoms with Crippen LogP contribution in [0.4, 0.5) is 11.5 Å². The first-order valence-electron chi connectivity index (χ1n) is 5.61. The highest BCUT2D eigenvalue weighted by atomic mass is 15.3. The Labute approximate surface area is 101 Å². The van der Waals surface area contributed by atoms with E-state index in [1.807, 2.05) is 29.9 Å². The number of aromatic nitrogens is 3. The van der Waals surface area contributed by atoms with Gasteiger partial charge in [0.15, 0.2) is 0 Å². The van der Waals surface area contributed by atoms with Gasteiger partial charge in [0.1, 0.15) is 5.82 Å². The molecule has 0 radical (unpaired) electrons. The van der Waals surface area contributed by atoms with E-state index in [1.54, 1.807) is 12.4 Å². The summed E-state index contributed by atoms with van der Waals surface area (Å²) >= 11 is 0. The normalized spacial score (nSPS) is 12.4. The number of pyridine rings is 1. The second kappa shape index (κ2) is 4.86. The summed E-state index contributed by atoms with van der Waals surface area (Å²) in [6.07, 6.45) is 5.49. The van der Waals surface area contributed by atoms with Gasteiger partial charge in [0, 0.05) is 36.4 Å². The molecule has 0 aliphatic rings. The van der Waals surface area contributed by atoms with Gasteiger partial charge in [0.05, 0.1) is 6.54 Å². The van der Waals surface area contributed by atoms with Crippen LogP contribution in [0, 0.1) is 6.92 Å². The Kier molecular flexibility index (Phi) is 3.27. The molecule has 0 saturated carbocycles. The summed E-state index contributed by atoms with van der Waals surface area (Å²) in [6.45, 7) is 4.82. The number of nitrogens with zero attached hydrogens (tertiary/aromatic N) is 3. The molecule has 3 N–H and O–H groups in total. The lowest BCUT2D eigenvalue weighted by atomic mass is 10.2. The smallest absolute Gasteiger partial charge is 0.128 e. The predicted molar refractivity (Wildman–Crippen MR) is 68.7 cm³/mol. The van der Waals surface area contributed by atoms with E-state index in [0.29, 0.717) is 0 Å². The first kappa shape index (κ1) is 11.4. The first-order valence-corrected chi connectivity index (χ1v) is 5.61. The Hall–Kier alpha value is -2.04. The number of nitrogens with one attached hydrogen (secondary N) is 1. The second-order valence-electron chi connectivity index (χ2n) is 4.20. The van der Waals surface area contributed by atoms with Gasteiger partial charge in [0.2, 0.25) is 0 Å². The lowest BCUT2D eigenvalue weighted by Gasteiger charge is -2.15. The van der Waals surface area contributed by atoms with Gasteiger partial charge in [-0.05, 0) is 25.5 Å². The van der Waals surface area contributed by atoms with Crippen molar-refractivity contribution in [2.45, 2.75) is 26.4 Å². The van der Waals surface area contributed by atoms with Crippen LogP contribution in [0.25, 0.3) is 0 Å². The topological polar surface area (TPSA) is 68.8 Å². The number of rotatable bonds is 4. The van der Waals surface area contributed by atoms with Crippen molar-refractivity contribution in [2.75, 3.05) is 11.1 Å². The maximum atomic E-state index is 5.83. The third-order valence-electron chi connectivity index (χ3n) is 2.56. The molecule has 2 aromatic rings. The quantitative estimate of drug-likeness (QED) is 0.839. The largest absolute Gasteiger partial charge is 0.398 e. The van der Waals surface area contributed by atoms with E-state index >= 15 is 0 Å². The first-order chi connectivity index (χ1) is 8.15. The minimum absolute atomic E-state index is 0.240. The fraction of sp³-hybridized carbons (Fsp3) is 0.333. The van der Waals surface area contributed by atoms with Gasteiger partial charge in [0.25, 0.3) is 0 Å². The van der Waals surface area contributed by atoms with E-state index in [9.17, 15) is 0 Å². The minimum atomic E-state index is 0.240. The van der Waals surface area contributed by atoms with Crippen LogP contribution in [0.3, 0.4) is 0 Å². The Morgan fingerprint density at radius 3 is 3.00 bits per heavy atom. The van der Waals surface area contributed by atoms with Crippen LogP contribution < -0.4 is 11.1 Å². The van der Waals surface area contributed by atoms with Crippen molar-refractivity contribution in [3.63, 3.8) is 0 Å². The summed E-state index contributed by atoms with van der Waals surface area (Å²) < 4.78 is 1.88. The van der Waals surface area contributed by atoms with Crippen molar-refractivity contribution in [2.24, 2.45) is 0 Å². The van der Waals surface area contributed by atoms with Gasteiger partial charge in [-0.3, -0.25) is 4.68 Å². The average Bonchev–Trinajstić information content (AvgIpc) is 2.76. The SMILES string of the molecule is Cc1cnc(NC(C)Cn2cccn2)cc1N. The highest BCUT2D eigenvalue weighted by Crippen LogP contribution is 2.14. The molecule has 0 aliphatic heterocycles. The van der Waals surface area contributed by atoms with Crippen molar-refractivity contribution in [3.05, 3.63) is 36.3 Å². The highest BCUT2D eigenvalue weighted by Gasteiger charge is 2.05. The fourth-order valence-corrected chi connectivity index (χ4v) is 1.61. The maximum Gasteiger partial charge on any atom is 0.128 e. The lowest BCUT2D eigenvalue weighted by Crippen LogP contribution is -2.22. The summed E-state index contributed by atoms with van der Waals surface area (Å²) in [6, 6.07) is 4.01. The Morgan fingerprint density at radius 1 is 1.53 bits per heavy atom. The summed E-state index contributed by atoms with van der Waals surface area (Å²) in [7, 11) is 0. The molecule has 0 spiro atoms. The molecule has 0 saturated heterocycles. The van der Waals surface area contributed by atoms with E-state index in [4.69, 9.17) is 5.73 Å². The van der Waals surface area contributed by atoms with Crippen LogP contribution in [-0.2, 0) is 6.54 Å². The zero-order chi connectivity index (χ0) is 12.3. The van der Waals surface area contributed by atoms with Gasteiger partial charge in [-0.2, -0.15) is 5.10 Å². The van der Waals surface area contributed by atoms with Gasteiger partial charge in [-0.1, -0.05) is 0 Å². The number of aryl methyl sites for hydroxylation is 1. The van der Waals surface area contributed by atoms with E-state index in [1.165, 1.54) is 0 Å². The number of hydrogen-bond donors (Lipinski definition) is 2. The fourth-order valence-electron chi connectivity index (χ4n) is 1.61. The Bertz CT molecular complexity index is 478. The van der Waals surface area contributed by atoms with Crippen molar-refractivity contribution < 1.29 is 0 Å². The molecule has 0 aliphatic carbocycles. The summed E-state index contributed by atoms with van der Waals surface area (Å²) in [5.41, 5.74) is 7.59. The lowest BCUT2D eigenvalue weighted by molar-refractivity contribution is 0.560. The molecule has 1 atom stereocenters. The molecule has 0 amide bonds. The molecule has 2 rings (SSSR count). The summed E-state index contributed by atoms with van der Waals surface area (Å²) in [5, 5.41) is 7.46. The van der Waals surface area contributed by atoms with Crippen LogP contribution >= 0.6 is 0 Å². The molecular weight excluding hydrogens is 214 g/mol. The van der Waals surface area contributed by atoms with Crippen molar-refractivity contribution in [3.8, 4) is 0 Å². The number of nitrogens with two attached hydrogens (primary N) is 1. The van der Waals surface area contributed by atoms with Crippen molar-refractivity contribution in [1.82, 2.24) is 14.8 Å². The zero-order valence-corrected chi connectivity index (χ0v) is 10.1. The maximum absolute atomic E-state index is 5.83. The van der Waals surface area contributed by atoms with Gasteiger partial charge < -0.3 is 11.1 Å². The molecule has 0 aromatic carbocycles. The Morgan fingerprint density at radius 2 is 2.35 bits per heavy atom. The van der Waals surface area contributed by atoms with Crippen LogP contribution in [-0.4, -0.2) is 20.8 Å². The molecular formula is C12H17N5. The molecule has 0 bridgehead atoms. The van der Waals surface area contributed by atoms with E-state index < -0.39 is 0 Å². The molecule has 5 heteroatoms. The predicted octanol–water partition coefficient (Wildman–Crippen LogP) is 1.67. The highest BCUT2D eigenvalue weighted by molar-refractivity contribution is 5.53. The molecule has 17 heavy (non-hydrogen) atoms. The molecule has 1 unspecified atom stereocenters. The molecule has 90 valence electrons. The molecule has 2 heterocycles. The van der Waals surface area contributed by atoms with Crippen LogP contribution in [0.1, 0.15) is 12.5 Å². The minimum Gasteiger partial charge on any atom is -0.398 e. The Balaban J connectivity index is 1.98. The van der Waals surface area contributed by atoms with Crippen LogP contribution in [0.15, 0.2) is 30.7 Å². The van der Waals surface area contributed by atoms with Crippen LogP contribution in [0.5, 0.6) is 0 Å². The van der Waals surface area contributed by atoms with Gasteiger partial charge in [-0.25, -0.2) is 4.98 Å². The van der Waals surface area contributed by atoms with Crippen molar-refractivity contribution in [1.29, 1.82) is 0 Å². The third-order valence-corrected chi connectivity index (χ3v) is 2.56. The second-order valence-corrected chi connectivity index (χ2v) is 4.20.